The van der Waals surface area contributed by atoms with Gasteiger partial charge in [-0.15, -0.1) is 0 Å². The second-order valence-electron chi connectivity index (χ2n) is 7.19. The summed E-state index contributed by atoms with van der Waals surface area (Å²) < 4.78 is 14.4. The van der Waals surface area contributed by atoms with E-state index >= 15 is 0 Å². The highest BCUT2D eigenvalue weighted by Crippen LogP contribution is 2.20. The molecule has 0 aliphatic carbocycles. The molecule has 9 heteroatoms. The van der Waals surface area contributed by atoms with Gasteiger partial charge in [-0.05, 0) is 49.6 Å². The minimum atomic E-state index is -0.378. The largest absolute Gasteiger partial charge is 0.396 e. The summed E-state index contributed by atoms with van der Waals surface area (Å²) in [6.45, 7) is 3.96. The van der Waals surface area contributed by atoms with Crippen molar-refractivity contribution in [2.75, 3.05) is 24.6 Å². The summed E-state index contributed by atoms with van der Waals surface area (Å²) in [5.74, 6) is 0.0223. The first-order valence-corrected chi connectivity index (χ1v) is 9.84. The summed E-state index contributed by atoms with van der Waals surface area (Å²) in [5, 5.41) is 5.60. The lowest BCUT2D eigenvalue weighted by Crippen LogP contribution is -2.28. The van der Waals surface area contributed by atoms with Crippen LogP contribution in [-0.2, 0) is 17.6 Å². The molecule has 162 valence electrons. The van der Waals surface area contributed by atoms with Crippen molar-refractivity contribution in [3.05, 3.63) is 75.2 Å². The molecule has 4 N–H and O–H groups in total. The monoisotopic (exact) mass is 424 g/mol. The van der Waals surface area contributed by atoms with Crippen molar-refractivity contribution in [2.24, 2.45) is 0 Å². The van der Waals surface area contributed by atoms with Gasteiger partial charge in [0.2, 0.25) is 5.91 Å². The number of halogens is 1. The number of likely N-dealkylation sites (N-methyl/N-ethyl adjacent to an activating group) is 1. The molecule has 0 radical (unpaired) electrons. The molecule has 0 aliphatic rings. The van der Waals surface area contributed by atoms with Gasteiger partial charge in [0.15, 0.2) is 11.6 Å². The lowest BCUT2D eigenvalue weighted by atomic mass is 10.1. The molecule has 31 heavy (non-hydrogen) atoms. The van der Waals surface area contributed by atoms with E-state index in [1.807, 2.05) is 0 Å². The topological polar surface area (TPSA) is 115 Å². The van der Waals surface area contributed by atoms with Crippen molar-refractivity contribution >= 4 is 17.4 Å². The van der Waals surface area contributed by atoms with Crippen LogP contribution in [0.15, 0.2) is 41.3 Å². The molecule has 2 aromatic heterocycles. The number of pyridine rings is 1. The number of aryl methyl sites for hydroxylation is 2. The zero-order chi connectivity index (χ0) is 22.5. The zero-order valence-electron chi connectivity index (χ0n) is 17.7. The number of hydrogen-bond acceptors (Lipinski definition) is 6. The van der Waals surface area contributed by atoms with E-state index in [9.17, 15) is 14.0 Å². The predicted molar refractivity (Wildman–Crippen MR) is 118 cm³/mol. The number of nitrogen functional groups attached to an aromatic ring is 1. The molecule has 0 fully saturated rings. The van der Waals surface area contributed by atoms with E-state index in [-0.39, 0.29) is 35.2 Å². The Bertz CT molecular complexity index is 1160. The van der Waals surface area contributed by atoms with Gasteiger partial charge in [0.1, 0.15) is 5.82 Å². The van der Waals surface area contributed by atoms with Crippen LogP contribution in [0.3, 0.4) is 0 Å². The van der Waals surface area contributed by atoms with Crippen LogP contribution >= 0.6 is 0 Å². The first-order valence-electron chi connectivity index (χ1n) is 9.84. The van der Waals surface area contributed by atoms with Crippen LogP contribution in [0.1, 0.15) is 22.5 Å². The molecule has 0 bridgehead atoms. The number of carbonyl (C=O) groups excluding carboxylic acids is 1. The quantitative estimate of drug-likeness (QED) is 0.534. The number of benzene rings is 1. The summed E-state index contributed by atoms with van der Waals surface area (Å²) in [4.78, 5) is 33.5. The van der Waals surface area contributed by atoms with Gasteiger partial charge in [0, 0.05) is 31.2 Å². The van der Waals surface area contributed by atoms with Crippen molar-refractivity contribution in [1.82, 2.24) is 19.9 Å². The molecule has 1 amide bonds. The molecule has 8 nitrogen and oxygen atoms in total. The van der Waals surface area contributed by atoms with Crippen molar-refractivity contribution in [2.45, 2.75) is 26.7 Å². The molecule has 0 unspecified atom stereocenters. The van der Waals surface area contributed by atoms with Crippen LogP contribution in [0, 0.1) is 19.7 Å². The maximum Gasteiger partial charge on any atom is 0.299 e. The number of hydrogen-bond donors (Lipinski definition) is 3. The number of nitrogens with zero attached hydrogens (tertiary/aromatic N) is 3. The second-order valence-corrected chi connectivity index (χ2v) is 7.19. The number of rotatable bonds is 7. The molecular formula is C22H25FN6O2. The Kier molecular flexibility index (Phi) is 6.64. The molecule has 3 rings (SSSR count). The maximum absolute atomic E-state index is 13.1. The van der Waals surface area contributed by atoms with Crippen LogP contribution in [0.4, 0.5) is 15.9 Å². The van der Waals surface area contributed by atoms with E-state index in [0.29, 0.717) is 35.7 Å². The highest BCUT2D eigenvalue weighted by atomic mass is 19.1. The molecule has 0 spiro atoms. The van der Waals surface area contributed by atoms with Gasteiger partial charge in [-0.25, -0.2) is 14.4 Å². The van der Waals surface area contributed by atoms with Gasteiger partial charge in [-0.1, -0.05) is 12.1 Å². The minimum Gasteiger partial charge on any atom is -0.396 e. The summed E-state index contributed by atoms with van der Waals surface area (Å²) >= 11 is 0. The Labute approximate surface area is 179 Å². The second kappa shape index (κ2) is 9.38. The predicted octanol–water partition coefficient (Wildman–Crippen LogP) is 1.91. The Morgan fingerprint density at radius 2 is 1.94 bits per heavy atom. The third-order valence-corrected chi connectivity index (χ3v) is 4.93. The van der Waals surface area contributed by atoms with Gasteiger partial charge in [-0.2, -0.15) is 0 Å². The molecule has 0 saturated carbocycles. The van der Waals surface area contributed by atoms with E-state index in [4.69, 9.17) is 5.73 Å². The summed E-state index contributed by atoms with van der Waals surface area (Å²) in [6, 6.07) is 7.87. The lowest BCUT2D eigenvalue weighted by Gasteiger charge is -2.15. The molecule has 1 aromatic carbocycles. The fraction of sp³-hybridized carbons (Fsp3) is 0.273. The highest BCUT2D eigenvalue weighted by Gasteiger charge is 2.16. The number of nitrogens with two attached hydrogens (primary N) is 1. The van der Waals surface area contributed by atoms with Crippen molar-refractivity contribution in [3.8, 4) is 5.82 Å². The maximum atomic E-state index is 13.1. The smallest absolute Gasteiger partial charge is 0.299 e. The fourth-order valence-corrected chi connectivity index (χ4v) is 3.17. The van der Waals surface area contributed by atoms with Crippen LogP contribution in [0.5, 0.6) is 0 Å². The molecule has 3 aromatic rings. The first-order chi connectivity index (χ1) is 14.8. The standard InChI is InChI=1S/C22H25FN6O2/c1-13-12-27-20(26-9-8-15-4-6-17(23)7-5-15)22(31)29(13)21-18(24)10-16(14(2)28-21)11-19(30)25-3/h4-7,10,12H,8-9,11,24H2,1-3H3,(H,25,30)(H,26,27). The zero-order valence-corrected chi connectivity index (χ0v) is 17.7. The summed E-state index contributed by atoms with van der Waals surface area (Å²) in [6.07, 6.45) is 2.32. The van der Waals surface area contributed by atoms with Gasteiger partial charge in [0.25, 0.3) is 5.56 Å². The normalized spacial score (nSPS) is 10.7. The van der Waals surface area contributed by atoms with Crippen LogP contribution in [0.2, 0.25) is 0 Å². The minimum absolute atomic E-state index is 0.151. The van der Waals surface area contributed by atoms with E-state index < -0.39 is 0 Å². The van der Waals surface area contributed by atoms with Crippen LogP contribution in [0.25, 0.3) is 5.82 Å². The average molecular weight is 424 g/mol. The Hall–Kier alpha value is -3.75. The number of aromatic nitrogens is 3. The van der Waals surface area contributed by atoms with Crippen molar-refractivity contribution < 1.29 is 9.18 Å². The molecule has 0 aliphatic heterocycles. The Morgan fingerprint density at radius 3 is 2.61 bits per heavy atom. The summed E-state index contributed by atoms with van der Waals surface area (Å²) in [5.41, 5.74) is 8.92. The van der Waals surface area contributed by atoms with E-state index in [1.165, 1.54) is 16.7 Å². The summed E-state index contributed by atoms with van der Waals surface area (Å²) in [7, 11) is 1.56. The van der Waals surface area contributed by atoms with E-state index in [1.54, 1.807) is 45.3 Å². The number of amides is 1. The molecule has 0 atom stereocenters. The number of carbonyl (C=O) groups is 1. The fourth-order valence-electron chi connectivity index (χ4n) is 3.17. The Morgan fingerprint density at radius 1 is 1.23 bits per heavy atom. The van der Waals surface area contributed by atoms with Crippen molar-refractivity contribution in [1.29, 1.82) is 0 Å². The number of nitrogens with one attached hydrogen (secondary N) is 2. The van der Waals surface area contributed by atoms with Gasteiger partial charge < -0.3 is 16.4 Å². The lowest BCUT2D eigenvalue weighted by molar-refractivity contribution is -0.119. The molecule has 2 heterocycles. The first kappa shape index (κ1) is 21.9. The molecule has 0 saturated heterocycles. The van der Waals surface area contributed by atoms with E-state index in [2.05, 4.69) is 20.6 Å². The third-order valence-electron chi connectivity index (χ3n) is 4.93. The van der Waals surface area contributed by atoms with Crippen LogP contribution < -0.4 is 21.9 Å². The highest BCUT2D eigenvalue weighted by molar-refractivity contribution is 5.79. The third kappa shape index (κ3) is 5.06. The van der Waals surface area contributed by atoms with E-state index in [0.717, 1.165) is 5.56 Å². The number of anilines is 2. The van der Waals surface area contributed by atoms with Gasteiger partial charge >= 0.3 is 0 Å². The average Bonchev–Trinajstić information content (AvgIpc) is 2.74. The Balaban J connectivity index is 1.86. The van der Waals surface area contributed by atoms with Crippen LogP contribution in [-0.4, -0.2) is 34.0 Å². The molecular weight excluding hydrogens is 399 g/mol. The SMILES string of the molecule is CNC(=O)Cc1cc(N)c(-n2c(C)cnc(NCCc3ccc(F)cc3)c2=O)nc1C. The van der Waals surface area contributed by atoms with Crippen molar-refractivity contribution in [3.63, 3.8) is 0 Å². The van der Waals surface area contributed by atoms with Gasteiger partial charge in [-0.3, -0.25) is 14.2 Å². The van der Waals surface area contributed by atoms with Gasteiger partial charge in [0.05, 0.1) is 12.1 Å².